The Hall–Kier alpha value is -3.06. The summed E-state index contributed by atoms with van der Waals surface area (Å²) in [5, 5.41) is 3.99. The molecular weight excluding hydrogens is 300 g/mol. The van der Waals surface area contributed by atoms with Gasteiger partial charge in [-0.2, -0.15) is 5.10 Å². The van der Waals surface area contributed by atoms with Gasteiger partial charge in [-0.1, -0.05) is 41.8 Å². The highest BCUT2D eigenvalue weighted by Gasteiger charge is 2.05. The van der Waals surface area contributed by atoms with Crippen LogP contribution in [0, 0.1) is 26.2 Å². The van der Waals surface area contributed by atoms with Gasteiger partial charge in [0.15, 0.2) is 0 Å². The maximum Gasteiger partial charge on any atom is 0.244 e. The quantitative estimate of drug-likeness (QED) is 0.505. The van der Waals surface area contributed by atoms with Gasteiger partial charge in [0.2, 0.25) is 5.91 Å². The van der Waals surface area contributed by atoms with Crippen molar-refractivity contribution in [3.63, 3.8) is 0 Å². The Morgan fingerprint density at radius 2 is 2.12 bits per heavy atom. The average Bonchev–Trinajstić information content (AvgIpc) is 2.56. The fraction of sp³-hybridized carbons (Fsp3) is 0.200. The molecule has 2 rings (SSSR count). The van der Waals surface area contributed by atoms with Crippen LogP contribution in [0.15, 0.2) is 47.6 Å². The third kappa shape index (κ3) is 5.29. The van der Waals surface area contributed by atoms with Gasteiger partial charge in [-0.25, -0.2) is 5.43 Å². The molecule has 0 aliphatic rings. The summed E-state index contributed by atoms with van der Waals surface area (Å²) in [7, 11) is 0. The molecule has 1 N–H and O–H groups in total. The van der Waals surface area contributed by atoms with Crippen LogP contribution >= 0.6 is 0 Å². The van der Waals surface area contributed by atoms with E-state index in [4.69, 9.17) is 11.2 Å². The van der Waals surface area contributed by atoms with Crippen molar-refractivity contribution in [1.82, 2.24) is 5.43 Å². The van der Waals surface area contributed by atoms with E-state index in [0.29, 0.717) is 12.2 Å². The van der Waals surface area contributed by atoms with Crippen LogP contribution in [0.25, 0.3) is 0 Å². The van der Waals surface area contributed by atoms with E-state index in [9.17, 15) is 4.79 Å². The lowest BCUT2D eigenvalue weighted by Gasteiger charge is -2.06. The first-order valence-corrected chi connectivity index (χ1v) is 7.63. The van der Waals surface area contributed by atoms with Gasteiger partial charge in [-0.05, 0) is 42.7 Å². The van der Waals surface area contributed by atoms with Crippen LogP contribution in [0.3, 0.4) is 0 Å². The minimum absolute atomic E-state index is 0.155. The van der Waals surface area contributed by atoms with Gasteiger partial charge < -0.3 is 4.74 Å². The Balaban J connectivity index is 1.91. The molecule has 0 aliphatic heterocycles. The van der Waals surface area contributed by atoms with Crippen LogP contribution in [-0.2, 0) is 11.2 Å². The van der Waals surface area contributed by atoms with E-state index in [1.54, 1.807) is 12.3 Å². The second kappa shape index (κ2) is 8.54. The van der Waals surface area contributed by atoms with Crippen molar-refractivity contribution in [2.45, 2.75) is 20.3 Å². The number of terminal acetylenes is 1. The molecule has 0 saturated carbocycles. The Morgan fingerprint density at radius 3 is 2.88 bits per heavy atom. The van der Waals surface area contributed by atoms with Crippen LogP contribution in [0.5, 0.6) is 5.75 Å². The lowest BCUT2D eigenvalue weighted by atomic mass is 10.0. The zero-order chi connectivity index (χ0) is 17.4. The zero-order valence-corrected chi connectivity index (χ0v) is 13.9. The number of nitrogens with zero attached hydrogens (tertiary/aromatic N) is 1. The highest BCUT2D eigenvalue weighted by Crippen LogP contribution is 2.12. The first-order valence-electron chi connectivity index (χ1n) is 7.63. The Labute approximate surface area is 142 Å². The molecule has 0 aliphatic carbocycles. The van der Waals surface area contributed by atoms with Gasteiger partial charge in [0.1, 0.15) is 12.4 Å². The molecule has 122 valence electrons. The number of hydrogen-bond acceptors (Lipinski definition) is 3. The van der Waals surface area contributed by atoms with Crippen molar-refractivity contribution in [2.75, 3.05) is 6.61 Å². The van der Waals surface area contributed by atoms with Gasteiger partial charge in [0.05, 0.1) is 12.6 Å². The Kier molecular flexibility index (Phi) is 6.16. The van der Waals surface area contributed by atoms with Gasteiger partial charge in [-0.3, -0.25) is 4.79 Å². The topological polar surface area (TPSA) is 50.7 Å². The lowest BCUT2D eigenvalue weighted by Crippen LogP contribution is -2.20. The van der Waals surface area contributed by atoms with E-state index in [0.717, 1.165) is 16.7 Å². The van der Waals surface area contributed by atoms with Gasteiger partial charge in [-0.15, -0.1) is 6.42 Å². The van der Waals surface area contributed by atoms with Crippen LogP contribution in [0.2, 0.25) is 0 Å². The molecule has 24 heavy (non-hydrogen) atoms. The summed E-state index contributed by atoms with van der Waals surface area (Å²) in [5.74, 6) is 2.92. The van der Waals surface area contributed by atoms with Crippen molar-refractivity contribution in [3.8, 4) is 18.1 Å². The second-order valence-corrected chi connectivity index (χ2v) is 5.47. The zero-order valence-electron chi connectivity index (χ0n) is 13.9. The predicted molar refractivity (Wildman–Crippen MR) is 96.1 cm³/mol. The molecule has 0 atom stereocenters. The first-order chi connectivity index (χ1) is 11.6. The molecular formula is C20H20N2O2. The number of carbonyl (C=O) groups excluding carboxylic acids is 1. The number of amides is 1. The smallest absolute Gasteiger partial charge is 0.244 e. The number of aryl methyl sites for hydroxylation is 2. The highest BCUT2D eigenvalue weighted by atomic mass is 16.5. The monoisotopic (exact) mass is 320 g/mol. The van der Waals surface area contributed by atoms with E-state index in [1.807, 2.05) is 44.2 Å². The SMILES string of the molecule is C#CCOc1cccc(/C=N\NC(=O)Cc2ccc(C)cc2C)c1. The largest absolute Gasteiger partial charge is 0.481 e. The van der Waals surface area contributed by atoms with Crippen LogP contribution in [-0.4, -0.2) is 18.7 Å². The van der Waals surface area contributed by atoms with Crippen LogP contribution < -0.4 is 10.2 Å². The van der Waals surface area contributed by atoms with Crippen LogP contribution in [0.4, 0.5) is 0 Å². The van der Waals surface area contributed by atoms with Crippen molar-refractivity contribution < 1.29 is 9.53 Å². The van der Waals surface area contributed by atoms with Gasteiger partial charge >= 0.3 is 0 Å². The minimum atomic E-state index is -0.155. The number of nitrogens with one attached hydrogen (secondary N) is 1. The highest BCUT2D eigenvalue weighted by molar-refractivity contribution is 5.83. The molecule has 4 nitrogen and oxygen atoms in total. The summed E-state index contributed by atoms with van der Waals surface area (Å²) in [6, 6.07) is 13.4. The molecule has 0 unspecified atom stereocenters. The molecule has 2 aromatic carbocycles. The summed E-state index contributed by atoms with van der Waals surface area (Å²) >= 11 is 0. The van der Waals surface area contributed by atoms with E-state index < -0.39 is 0 Å². The number of hydrogen-bond donors (Lipinski definition) is 1. The Bertz CT molecular complexity index is 788. The van der Waals surface area contributed by atoms with E-state index >= 15 is 0 Å². The fourth-order valence-electron chi connectivity index (χ4n) is 2.25. The van der Waals surface area contributed by atoms with E-state index in [1.165, 1.54) is 5.56 Å². The summed E-state index contributed by atoms with van der Waals surface area (Å²) in [5.41, 5.74) is 6.64. The third-order valence-corrected chi connectivity index (χ3v) is 3.43. The number of hydrazone groups is 1. The molecule has 0 bridgehead atoms. The molecule has 4 heteroatoms. The molecule has 0 aromatic heterocycles. The summed E-state index contributed by atoms with van der Waals surface area (Å²) in [6.45, 7) is 4.25. The van der Waals surface area contributed by atoms with Gasteiger partial charge in [0.25, 0.3) is 0 Å². The molecule has 1 amide bonds. The van der Waals surface area contributed by atoms with Crippen molar-refractivity contribution in [1.29, 1.82) is 0 Å². The molecule has 0 spiro atoms. The molecule has 0 saturated heterocycles. The van der Waals surface area contributed by atoms with E-state index in [-0.39, 0.29) is 12.5 Å². The van der Waals surface area contributed by atoms with Crippen molar-refractivity contribution in [2.24, 2.45) is 5.10 Å². The maximum atomic E-state index is 12.0. The predicted octanol–water partition coefficient (Wildman–Crippen LogP) is 3.01. The molecule has 2 aromatic rings. The molecule has 0 fully saturated rings. The average molecular weight is 320 g/mol. The first kappa shape index (κ1) is 17.3. The van der Waals surface area contributed by atoms with Crippen LogP contribution in [0.1, 0.15) is 22.3 Å². The van der Waals surface area contributed by atoms with Crippen molar-refractivity contribution in [3.05, 3.63) is 64.7 Å². The number of carbonyl (C=O) groups is 1. The standard InChI is InChI=1S/C20H20N2O2/c1-4-10-24-19-7-5-6-17(12-19)14-21-22-20(23)13-18-9-8-15(2)11-16(18)3/h1,5-9,11-12,14H,10,13H2,2-3H3,(H,22,23)/b21-14-. The lowest BCUT2D eigenvalue weighted by molar-refractivity contribution is -0.120. The Morgan fingerprint density at radius 1 is 1.29 bits per heavy atom. The van der Waals surface area contributed by atoms with Crippen molar-refractivity contribution >= 4 is 12.1 Å². The maximum absolute atomic E-state index is 12.0. The van der Waals surface area contributed by atoms with Gasteiger partial charge in [0, 0.05) is 0 Å². The summed E-state index contributed by atoms with van der Waals surface area (Å²) < 4.78 is 5.34. The second-order valence-electron chi connectivity index (χ2n) is 5.47. The number of benzene rings is 2. The molecule has 0 heterocycles. The summed E-state index contributed by atoms with van der Waals surface area (Å²) in [6.07, 6.45) is 7.03. The fourth-order valence-corrected chi connectivity index (χ4v) is 2.25. The number of rotatable bonds is 6. The molecule has 0 radical (unpaired) electrons. The third-order valence-electron chi connectivity index (χ3n) is 3.43. The normalized spacial score (nSPS) is 10.4. The number of ether oxygens (including phenoxy) is 1. The van der Waals surface area contributed by atoms with E-state index in [2.05, 4.69) is 22.5 Å². The summed E-state index contributed by atoms with van der Waals surface area (Å²) in [4.78, 5) is 12.0. The minimum Gasteiger partial charge on any atom is -0.481 e.